The second-order valence-electron chi connectivity index (χ2n) is 3.05. The smallest absolute Gasteiger partial charge is 0.197 e. The summed E-state index contributed by atoms with van der Waals surface area (Å²) in [4.78, 5) is 1.90. The standard InChI is InChI=1S/C8H15N3O2S/c1-5(4-12)11(2)8-6(13-3)7(9)10-14-8/h5,12H,4H2,1-3H3,(H2,9,10). The first-order valence-corrected chi connectivity index (χ1v) is 5.02. The fourth-order valence-electron chi connectivity index (χ4n) is 1.02. The minimum Gasteiger partial charge on any atom is -0.490 e. The lowest BCUT2D eigenvalue weighted by Gasteiger charge is -2.23. The zero-order valence-corrected chi connectivity index (χ0v) is 9.34. The van der Waals surface area contributed by atoms with E-state index in [1.165, 1.54) is 11.5 Å². The maximum Gasteiger partial charge on any atom is 0.197 e. The van der Waals surface area contributed by atoms with Gasteiger partial charge in [0.25, 0.3) is 0 Å². The molecule has 0 saturated carbocycles. The first-order valence-electron chi connectivity index (χ1n) is 4.24. The third-order valence-corrected chi connectivity index (χ3v) is 3.04. The molecular weight excluding hydrogens is 202 g/mol. The Bertz CT molecular complexity index is 303. The van der Waals surface area contributed by atoms with Crippen molar-refractivity contribution < 1.29 is 9.84 Å². The van der Waals surface area contributed by atoms with Crippen LogP contribution in [0.15, 0.2) is 0 Å². The molecule has 14 heavy (non-hydrogen) atoms. The molecule has 0 fully saturated rings. The molecule has 1 heterocycles. The van der Waals surface area contributed by atoms with E-state index in [9.17, 15) is 0 Å². The highest BCUT2D eigenvalue weighted by Crippen LogP contribution is 2.37. The van der Waals surface area contributed by atoms with Crippen LogP contribution in [0.5, 0.6) is 5.75 Å². The molecule has 0 aromatic carbocycles. The molecule has 0 aliphatic rings. The fraction of sp³-hybridized carbons (Fsp3) is 0.625. The van der Waals surface area contributed by atoms with E-state index in [1.54, 1.807) is 7.11 Å². The Labute approximate surface area is 87.3 Å². The van der Waals surface area contributed by atoms with Crippen molar-refractivity contribution in [2.24, 2.45) is 0 Å². The van der Waals surface area contributed by atoms with Crippen LogP contribution >= 0.6 is 11.5 Å². The number of aliphatic hydroxyl groups excluding tert-OH is 1. The van der Waals surface area contributed by atoms with Crippen molar-refractivity contribution in [3.63, 3.8) is 0 Å². The van der Waals surface area contributed by atoms with Crippen LogP contribution in [-0.2, 0) is 0 Å². The third-order valence-electron chi connectivity index (χ3n) is 2.11. The summed E-state index contributed by atoms with van der Waals surface area (Å²) in [6.45, 7) is 1.99. The van der Waals surface area contributed by atoms with Crippen LogP contribution in [0.1, 0.15) is 6.92 Å². The van der Waals surface area contributed by atoms with Gasteiger partial charge in [0, 0.05) is 13.1 Å². The molecule has 1 unspecified atom stereocenters. The second-order valence-corrected chi connectivity index (χ2v) is 3.80. The van der Waals surface area contributed by atoms with Gasteiger partial charge in [-0.05, 0) is 18.5 Å². The minimum atomic E-state index is 0.0174. The fourth-order valence-corrected chi connectivity index (χ4v) is 1.87. The number of rotatable bonds is 4. The molecule has 0 bridgehead atoms. The number of methoxy groups -OCH3 is 1. The van der Waals surface area contributed by atoms with Crippen molar-refractivity contribution in [3.05, 3.63) is 0 Å². The highest BCUT2D eigenvalue weighted by Gasteiger charge is 2.19. The molecule has 3 N–H and O–H groups in total. The van der Waals surface area contributed by atoms with Crippen LogP contribution in [0.25, 0.3) is 0 Å². The average Bonchev–Trinajstić information content (AvgIpc) is 2.57. The van der Waals surface area contributed by atoms with E-state index in [4.69, 9.17) is 15.6 Å². The molecule has 1 aromatic heterocycles. The normalized spacial score (nSPS) is 12.6. The van der Waals surface area contributed by atoms with E-state index >= 15 is 0 Å². The Morgan fingerprint density at radius 1 is 1.71 bits per heavy atom. The molecule has 0 amide bonds. The zero-order chi connectivity index (χ0) is 10.7. The first kappa shape index (κ1) is 11.1. The van der Waals surface area contributed by atoms with Crippen LogP contribution in [0.3, 0.4) is 0 Å². The summed E-state index contributed by atoms with van der Waals surface area (Å²) >= 11 is 1.27. The summed E-state index contributed by atoms with van der Waals surface area (Å²) in [5.41, 5.74) is 5.62. The summed E-state index contributed by atoms with van der Waals surface area (Å²) in [5, 5.41) is 9.85. The summed E-state index contributed by atoms with van der Waals surface area (Å²) in [7, 11) is 3.43. The number of nitrogens with zero attached hydrogens (tertiary/aromatic N) is 2. The molecule has 0 spiro atoms. The number of aliphatic hydroxyl groups is 1. The Balaban J connectivity index is 2.94. The van der Waals surface area contributed by atoms with E-state index in [1.807, 2.05) is 18.9 Å². The van der Waals surface area contributed by atoms with E-state index in [-0.39, 0.29) is 12.6 Å². The number of aromatic nitrogens is 1. The summed E-state index contributed by atoms with van der Waals surface area (Å²) in [6.07, 6.45) is 0. The molecule has 0 aliphatic carbocycles. The quantitative estimate of drug-likeness (QED) is 0.770. The molecule has 0 radical (unpaired) electrons. The van der Waals surface area contributed by atoms with Gasteiger partial charge in [-0.15, -0.1) is 0 Å². The van der Waals surface area contributed by atoms with Crippen molar-refractivity contribution in [1.82, 2.24) is 4.37 Å². The van der Waals surface area contributed by atoms with Gasteiger partial charge in [-0.3, -0.25) is 0 Å². The number of ether oxygens (including phenoxy) is 1. The van der Waals surface area contributed by atoms with Gasteiger partial charge in [0.2, 0.25) is 0 Å². The monoisotopic (exact) mass is 217 g/mol. The van der Waals surface area contributed by atoms with Crippen LogP contribution < -0.4 is 15.4 Å². The van der Waals surface area contributed by atoms with Crippen LogP contribution in [0, 0.1) is 0 Å². The first-order chi connectivity index (χ1) is 6.61. The molecule has 0 aliphatic heterocycles. The van der Waals surface area contributed by atoms with Crippen molar-refractivity contribution in [2.75, 3.05) is 31.4 Å². The lowest BCUT2D eigenvalue weighted by molar-refractivity contribution is 0.270. The highest BCUT2D eigenvalue weighted by atomic mass is 32.1. The van der Waals surface area contributed by atoms with Gasteiger partial charge in [-0.2, -0.15) is 4.37 Å². The number of hydrogen-bond acceptors (Lipinski definition) is 6. The number of nitrogen functional groups attached to an aromatic ring is 1. The van der Waals surface area contributed by atoms with Crippen molar-refractivity contribution >= 4 is 22.4 Å². The predicted molar refractivity (Wildman–Crippen MR) is 58.0 cm³/mol. The van der Waals surface area contributed by atoms with Crippen LogP contribution in [0.2, 0.25) is 0 Å². The van der Waals surface area contributed by atoms with Gasteiger partial charge in [0.05, 0.1) is 13.7 Å². The van der Waals surface area contributed by atoms with Crippen molar-refractivity contribution in [2.45, 2.75) is 13.0 Å². The summed E-state index contributed by atoms with van der Waals surface area (Å²) < 4.78 is 9.13. The van der Waals surface area contributed by atoms with Gasteiger partial charge in [-0.25, -0.2) is 0 Å². The zero-order valence-electron chi connectivity index (χ0n) is 8.52. The molecule has 1 atom stereocenters. The van der Waals surface area contributed by atoms with Gasteiger partial charge in [-0.1, -0.05) is 0 Å². The van der Waals surface area contributed by atoms with Gasteiger partial charge in [0.1, 0.15) is 0 Å². The maximum absolute atomic E-state index is 9.01. The topological polar surface area (TPSA) is 71.6 Å². The van der Waals surface area contributed by atoms with E-state index in [2.05, 4.69) is 4.37 Å². The molecule has 1 rings (SSSR count). The van der Waals surface area contributed by atoms with Gasteiger partial charge in [0.15, 0.2) is 16.6 Å². The maximum atomic E-state index is 9.01. The minimum absolute atomic E-state index is 0.0174. The van der Waals surface area contributed by atoms with Crippen LogP contribution in [-0.4, -0.2) is 36.3 Å². The number of nitrogens with two attached hydrogens (primary N) is 1. The predicted octanol–water partition coefficient (Wildman–Crippen LogP) is 0.551. The number of hydrogen-bond donors (Lipinski definition) is 2. The van der Waals surface area contributed by atoms with E-state index in [0.29, 0.717) is 11.6 Å². The van der Waals surface area contributed by atoms with E-state index in [0.717, 1.165) is 5.00 Å². The summed E-state index contributed by atoms with van der Waals surface area (Å²) in [5.74, 6) is 0.974. The Hall–Kier alpha value is -1.01. The third kappa shape index (κ3) is 1.91. The largest absolute Gasteiger partial charge is 0.490 e. The lowest BCUT2D eigenvalue weighted by Crippen LogP contribution is -2.31. The van der Waals surface area contributed by atoms with Gasteiger partial charge >= 0.3 is 0 Å². The molecular formula is C8H15N3O2S. The molecule has 5 nitrogen and oxygen atoms in total. The summed E-state index contributed by atoms with van der Waals surface area (Å²) in [6, 6.07) is 0.0174. The number of anilines is 2. The molecule has 6 heteroatoms. The Morgan fingerprint density at radius 2 is 2.36 bits per heavy atom. The SMILES string of the molecule is COc1c(N)nsc1N(C)C(C)CO. The van der Waals surface area contributed by atoms with Gasteiger partial charge < -0.3 is 20.5 Å². The second kappa shape index (κ2) is 4.47. The number of likely N-dealkylation sites (N-methyl/N-ethyl adjacent to an activating group) is 1. The van der Waals surface area contributed by atoms with Crippen LogP contribution in [0.4, 0.5) is 10.8 Å². The Morgan fingerprint density at radius 3 is 2.86 bits per heavy atom. The molecule has 80 valence electrons. The van der Waals surface area contributed by atoms with Crippen molar-refractivity contribution in [1.29, 1.82) is 0 Å². The Kier molecular flexibility index (Phi) is 3.54. The lowest BCUT2D eigenvalue weighted by atomic mass is 10.3. The van der Waals surface area contributed by atoms with E-state index < -0.39 is 0 Å². The highest BCUT2D eigenvalue weighted by molar-refractivity contribution is 7.11. The molecule has 1 aromatic rings. The van der Waals surface area contributed by atoms with Crippen molar-refractivity contribution in [3.8, 4) is 5.75 Å². The average molecular weight is 217 g/mol. The molecule has 0 saturated heterocycles.